The molecule has 1 saturated heterocycles. The number of benzene rings is 3. The molecule has 2 fully saturated rings. The van der Waals surface area contributed by atoms with Gasteiger partial charge in [-0.3, -0.25) is 4.90 Å². The minimum Gasteiger partial charge on any atom is -0.327 e. The van der Waals surface area contributed by atoms with E-state index in [4.69, 9.17) is 4.98 Å². The lowest BCUT2D eigenvalue weighted by Gasteiger charge is -2.32. The van der Waals surface area contributed by atoms with Gasteiger partial charge in [0.25, 0.3) is 0 Å². The van der Waals surface area contributed by atoms with E-state index in [-0.39, 0.29) is 5.82 Å². The van der Waals surface area contributed by atoms with Gasteiger partial charge in [0, 0.05) is 24.4 Å². The highest BCUT2D eigenvalue weighted by Crippen LogP contribution is 2.36. The lowest BCUT2D eigenvalue weighted by Crippen LogP contribution is -2.33. The van der Waals surface area contributed by atoms with E-state index in [0.29, 0.717) is 5.92 Å². The molecule has 0 N–H and O–H groups in total. The molecule has 36 heavy (non-hydrogen) atoms. The minimum absolute atomic E-state index is 0.249. The van der Waals surface area contributed by atoms with E-state index in [0.717, 1.165) is 67.0 Å². The summed E-state index contributed by atoms with van der Waals surface area (Å²) in [6, 6.07) is 21.6. The van der Waals surface area contributed by atoms with Crippen molar-refractivity contribution in [1.82, 2.24) is 24.2 Å². The lowest BCUT2D eigenvalue weighted by molar-refractivity contribution is 0.201. The van der Waals surface area contributed by atoms with Gasteiger partial charge in [-0.25, -0.2) is 14.1 Å². The number of nitrogens with zero attached hydrogens (tertiary/aromatic N) is 5. The maximum absolute atomic E-state index is 13.8. The van der Waals surface area contributed by atoms with Crippen LogP contribution in [0.4, 0.5) is 4.39 Å². The zero-order chi connectivity index (χ0) is 24.1. The third-order valence-corrected chi connectivity index (χ3v) is 7.93. The summed E-state index contributed by atoms with van der Waals surface area (Å²) < 4.78 is 18.2. The second-order valence-corrected chi connectivity index (χ2v) is 10.4. The molecular formula is C30H30FN5. The molecule has 0 bridgehead atoms. The van der Waals surface area contributed by atoms with Crippen LogP contribution < -0.4 is 0 Å². The molecule has 6 heteroatoms. The van der Waals surface area contributed by atoms with Crippen LogP contribution in [0.2, 0.25) is 0 Å². The molecule has 2 aromatic heterocycles. The monoisotopic (exact) mass is 479 g/mol. The first-order valence-corrected chi connectivity index (χ1v) is 13.1. The van der Waals surface area contributed by atoms with Crippen LogP contribution in [0, 0.1) is 11.7 Å². The van der Waals surface area contributed by atoms with Gasteiger partial charge in [0.05, 0.1) is 28.4 Å². The molecular weight excluding hydrogens is 449 g/mol. The third-order valence-electron chi connectivity index (χ3n) is 7.93. The second kappa shape index (κ2) is 8.86. The lowest BCUT2D eigenvalue weighted by atomic mass is 9.95. The number of imidazole rings is 1. The first kappa shape index (κ1) is 21.7. The van der Waals surface area contributed by atoms with Gasteiger partial charge in [0.1, 0.15) is 11.6 Å². The molecule has 0 spiro atoms. The van der Waals surface area contributed by atoms with Crippen LogP contribution in [-0.4, -0.2) is 37.3 Å². The molecule has 3 heterocycles. The first-order valence-electron chi connectivity index (χ1n) is 13.1. The quantitative estimate of drug-likeness (QED) is 0.287. The van der Waals surface area contributed by atoms with Crippen molar-refractivity contribution in [2.75, 3.05) is 13.1 Å². The Morgan fingerprint density at radius 3 is 2.50 bits per heavy atom. The summed E-state index contributed by atoms with van der Waals surface area (Å²) in [5, 5.41) is 5.73. The topological polar surface area (TPSA) is 38.9 Å². The van der Waals surface area contributed by atoms with E-state index in [1.54, 1.807) is 6.07 Å². The number of halogens is 1. The van der Waals surface area contributed by atoms with Crippen molar-refractivity contribution in [2.45, 2.75) is 44.7 Å². The van der Waals surface area contributed by atoms with Crippen LogP contribution in [0.1, 0.15) is 43.0 Å². The van der Waals surface area contributed by atoms with Crippen molar-refractivity contribution in [2.24, 2.45) is 5.92 Å². The standard InChI is InChI=1S/C30H30FN5/c31-24-6-4-7-25(17-24)36-28-10-3-5-23(26(28)18-32-36)20-34-15-13-22(14-16-34)30-33-27-8-1-2-9-29(27)35(30)19-21-11-12-21/h1-10,17-18,21-22H,11-16,19-20H2. The Morgan fingerprint density at radius 2 is 1.67 bits per heavy atom. The van der Waals surface area contributed by atoms with Crippen molar-refractivity contribution in [3.05, 3.63) is 90.1 Å². The van der Waals surface area contributed by atoms with E-state index in [2.05, 4.69) is 57.0 Å². The molecule has 182 valence electrons. The molecule has 0 unspecified atom stereocenters. The molecule has 1 aliphatic heterocycles. The molecule has 1 saturated carbocycles. The average molecular weight is 480 g/mol. The van der Waals surface area contributed by atoms with Gasteiger partial charge in [0.2, 0.25) is 0 Å². The van der Waals surface area contributed by atoms with Crippen molar-refractivity contribution in [1.29, 1.82) is 0 Å². The number of likely N-dealkylation sites (tertiary alicyclic amines) is 1. The molecule has 5 aromatic rings. The average Bonchev–Trinajstić information content (AvgIpc) is 3.49. The van der Waals surface area contributed by atoms with E-state index in [1.807, 2.05) is 16.9 Å². The van der Waals surface area contributed by atoms with Crippen molar-refractivity contribution >= 4 is 21.9 Å². The Kier molecular flexibility index (Phi) is 5.35. The van der Waals surface area contributed by atoms with Crippen LogP contribution in [0.25, 0.3) is 27.6 Å². The van der Waals surface area contributed by atoms with Gasteiger partial charge < -0.3 is 4.57 Å². The summed E-state index contributed by atoms with van der Waals surface area (Å²) in [5.41, 5.74) is 5.47. The molecule has 7 rings (SSSR count). The maximum atomic E-state index is 13.8. The number of hydrogen-bond acceptors (Lipinski definition) is 3. The predicted octanol–water partition coefficient (Wildman–Crippen LogP) is 6.30. The highest BCUT2D eigenvalue weighted by Gasteiger charge is 2.29. The normalized spacial score (nSPS) is 17.4. The Morgan fingerprint density at radius 1 is 0.861 bits per heavy atom. The third kappa shape index (κ3) is 3.99. The Hall–Kier alpha value is -3.51. The zero-order valence-corrected chi connectivity index (χ0v) is 20.4. The second-order valence-electron chi connectivity index (χ2n) is 10.4. The minimum atomic E-state index is -0.249. The number of para-hydroxylation sites is 2. The fraction of sp³-hybridized carbons (Fsp3) is 0.333. The number of aromatic nitrogens is 4. The largest absolute Gasteiger partial charge is 0.327 e. The van der Waals surface area contributed by atoms with E-state index in [1.165, 1.54) is 41.9 Å². The van der Waals surface area contributed by atoms with Crippen molar-refractivity contribution < 1.29 is 4.39 Å². The number of piperidine rings is 1. The maximum Gasteiger partial charge on any atom is 0.125 e. The van der Waals surface area contributed by atoms with E-state index in [9.17, 15) is 4.39 Å². The predicted molar refractivity (Wildman–Crippen MR) is 141 cm³/mol. The molecule has 0 amide bonds. The highest BCUT2D eigenvalue weighted by molar-refractivity contribution is 5.83. The summed E-state index contributed by atoms with van der Waals surface area (Å²) >= 11 is 0. The van der Waals surface area contributed by atoms with Crippen molar-refractivity contribution in [3.8, 4) is 5.69 Å². The van der Waals surface area contributed by atoms with Gasteiger partial charge in [-0.1, -0.05) is 30.3 Å². The van der Waals surface area contributed by atoms with Crippen LogP contribution in [-0.2, 0) is 13.1 Å². The SMILES string of the molecule is Fc1cccc(-n2ncc3c(CN4CCC(c5nc6ccccc6n5CC5CC5)CC4)cccc32)c1. The number of hydrogen-bond donors (Lipinski definition) is 0. The molecule has 0 atom stereocenters. The summed E-state index contributed by atoms with van der Waals surface area (Å²) in [6.07, 6.45) is 6.89. The molecule has 3 aromatic carbocycles. The zero-order valence-electron chi connectivity index (χ0n) is 20.4. The summed E-state index contributed by atoms with van der Waals surface area (Å²) in [5.74, 6) is 2.39. The smallest absolute Gasteiger partial charge is 0.125 e. The van der Waals surface area contributed by atoms with Gasteiger partial charge in [-0.15, -0.1) is 0 Å². The van der Waals surface area contributed by atoms with Crippen molar-refractivity contribution in [3.63, 3.8) is 0 Å². The van der Waals surface area contributed by atoms with E-state index >= 15 is 0 Å². The van der Waals surface area contributed by atoms with Gasteiger partial charge >= 0.3 is 0 Å². The van der Waals surface area contributed by atoms with Crippen LogP contribution >= 0.6 is 0 Å². The summed E-state index contributed by atoms with van der Waals surface area (Å²) in [4.78, 5) is 7.67. The van der Waals surface area contributed by atoms with Gasteiger partial charge in [0.15, 0.2) is 0 Å². The highest BCUT2D eigenvalue weighted by atomic mass is 19.1. The fourth-order valence-corrected chi connectivity index (χ4v) is 5.81. The Labute approximate surface area is 210 Å². The number of fused-ring (bicyclic) bond motifs is 2. The number of rotatable bonds is 6. The summed E-state index contributed by atoms with van der Waals surface area (Å²) in [6.45, 7) is 4.14. The van der Waals surface area contributed by atoms with Crippen LogP contribution in [0.5, 0.6) is 0 Å². The Bertz CT molecular complexity index is 1540. The van der Waals surface area contributed by atoms with Gasteiger partial charge in [-0.2, -0.15) is 5.10 Å². The van der Waals surface area contributed by atoms with Crippen LogP contribution in [0.3, 0.4) is 0 Å². The summed E-state index contributed by atoms with van der Waals surface area (Å²) in [7, 11) is 0. The molecule has 2 aliphatic rings. The first-order chi connectivity index (χ1) is 17.7. The van der Waals surface area contributed by atoms with E-state index < -0.39 is 0 Å². The molecule has 1 aliphatic carbocycles. The van der Waals surface area contributed by atoms with Crippen LogP contribution in [0.15, 0.2) is 72.9 Å². The molecule has 0 radical (unpaired) electrons. The molecule has 5 nitrogen and oxygen atoms in total. The fourth-order valence-electron chi connectivity index (χ4n) is 5.81. The van der Waals surface area contributed by atoms with Gasteiger partial charge in [-0.05, 0) is 86.7 Å². The Balaban J connectivity index is 1.10.